The summed E-state index contributed by atoms with van der Waals surface area (Å²) in [5, 5.41) is 0. The van der Waals surface area contributed by atoms with Crippen molar-refractivity contribution in [2.24, 2.45) is 5.73 Å². The lowest BCUT2D eigenvalue weighted by molar-refractivity contribution is 0.00144. The quantitative estimate of drug-likeness (QED) is 0.922. The van der Waals surface area contributed by atoms with E-state index in [4.69, 9.17) is 10.5 Å². The highest BCUT2D eigenvalue weighted by Crippen LogP contribution is 2.35. The van der Waals surface area contributed by atoms with Crippen LogP contribution in [0.5, 0.6) is 0 Å². The first-order valence-electron chi connectivity index (χ1n) is 6.46. The highest BCUT2D eigenvalue weighted by Gasteiger charge is 2.28. The minimum absolute atomic E-state index is 0. The maximum absolute atomic E-state index is 13.5. The Morgan fingerprint density at radius 2 is 1.90 bits per heavy atom. The third kappa shape index (κ3) is 2.85. The molecule has 1 aliphatic heterocycles. The van der Waals surface area contributed by atoms with Crippen LogP contribution in [0.25, 0.3) is 0 Å². The van der Waals surface area contributed by atoms with Crippen molar-refractivity contribution < 1.29 is 9.13 Å². The average molecular weight is 294 g/mol. The Morgan fingerprint density at radius 3 is 2.60 bits per heavy atom. The van der Waals surface area contributed by atoms with Crippen LogP contribution in [0, 0.1) is 5.82 Å². The van der Waals surface area contributed by atoms with Crippen LogP contribution in [-0.4, -0.2) is 12.6 Å². The van der Waals surface area contributed by atoms with E-state index in [0.717, 1.165) is 23.1 Å². The van der Waals surface area contributed by atoms with Crippen molar-refractivity contribution >= 4 is 12.4 Å². The lowest BCUT2D eigenvalue weighted by Gasteiger charge is -2.32. The van der Waals surface area contributed by atoms with Crippen LogP contribution >= 0.6 is 12.4 Å². The summed E-state index contributed by atoms with van der Waals surface area (Å²) in [7, 11) is 0. The van der Waals surface area contributed by atoms with Crippen LogP contribution in [0.15, 0.2) is 48.5 Å². The van der Waals surface area contributed by atoms with Gasteiger partial charge in [0.2, 0.25) is 0 Å². The van der Waals surface area contributed by atoms with Gasteiger partial charge in [0.25, 0.3) is 0 Å². The molecule has 0 spiro atoms. The SMILES string of the molecule is Cl.NC[C@H]1Cc2ccc(F)cc2[C@@H](c2ccccc2)O1. The Bertz CT molecular complexity index is 576. The molecule has 0 amide bonds. The molecule has 0 bridgehead atoms. The fourth-order valence-electron chi connectivity index (χ4n) is 2.58. The summed E-state index contributed by atoms with van der Waals surface area (Å²) in [6.45, 7) is 0.472. The van der Waals surface area contributed by atoms with Gasteiger partial charge in [0.1, 0.15) is 11.9 Å². The molecule has 4 heteroatoms. The van der Waals surface area contributed by atoms with Gasteiger partial charge in [-0.2, -0.15) is 0 Å². The molecule has 3 rings (SSSR count). The van der Waals surface area contributed by atoms with Crippen molar-refractivity contribution in [3.63, 3.8) is 0 Å². The maximum atomic E-state index is 13.5. The molecule has 0 unspecified atom stereocenters. The molecule has 1 heterocycles. The first-order valence-corrected chi connectivity index (χ1v) is 6.46. The minimum atomic E-state index is -0.228. The average Bonchev–Trinajstić information content (AvgIpc) is 2.47. The predicted octanol–water partition coefficient (Wildman–Crippen LogP) is 3.24. The molecule has 2 atom stereocenters. The van der Waals surface area contributed by atoms with Crippen molar-refractivity contribution in [3.8, 4) is 0 Å². The summed E-state index contributed by atoms with van der Waals surface area (Å²) >= 11 is 0. The van der Waals surface area contributed by atoms with Gasteiger partial charge in [0, 0.05) is 13.0 Å². The van der Waals surface area contributed by atoms with Crippen LogP contribution in [0.4, 0.5) is 4.39 Å². The highest BCUT2D eigenvalue weighted by atomic mass is 35.5. The lowest BCUT2D eigenvalue weighted by atomic mass is 9.90. The van der Waals surface area contributed by atoms with E-state index in [9.17, 15) is 4.39 Å². The number of hydrogen-bond donors (Lipinski definition) is 1. The van der Waals surface area contributed by atoms with E-state index in [-0.39, 0.29) is 30.4 Å². The minimum Gasteiger partial charge on any atom is -0.364 e. The molecule has 2 aromatic rings. The molecule has 0 saturated heterocycles. The van der Waals surface area contributed by atoms with Gasteiger partial charge in [-0.3, -0.25) is 0 Å². The van der Waals surface area contributed by atoms with Gasteiger partial charge in [0.05, 0.1) is 6.10 Å². The van der Waals surface area contributed by atoms with E-state index in [0.29, 0.717) is 6.54 Å². The number of rotatable bonds is 2. The summed E-state index contributed by atoms with van der Waals surface area (Å²) < 4.78 is 19.5. The zero-order valence-corrected chi connectivity index (χ0v) is 11.8. The van der Waals surface area contributed by atoms with Gasteiger partial charge in [0.15, 0.2) is 0 Å². The number of benzene rings is 2. The summed E-state index contributed by atoms with van der Waals surface area (Å²) in [4.78, 5) is 0. The van der Waals surface area contributed by atoms with Gasteiger partial charge in [-0.05, 0) is 28.8 Å². The summed E-state index contributed by atoms with van der Waals surface area (Å²) in [6, 6.07) is 14.8. The second-order valence-electron chi connectivity index (χ2n) is 4.83. The Kier molecular flexibility index (Phi) is 4.76. The molecular formula is C16H17ClFNO. The first kappa shape index (κ1) is 15.0. The molecule has 2 aromatic carbocycles. The Labute approximate surface area is 124 Å². The Morgan fingerprint density at radius 1 is 1.15 bits per heavy atom. The third-order valence-corrected chi connectivity index (χ3v) is 3.53. The number of halogens is 2. The molecule has 1 aliphatic rings. The van der Waals surface area contributed by atoms with E-state index in [1.807, 2.05) is 36.4 Å². The smallest absolute Gasteiger partial charge is 0.123 e. The number of hydrogen-bond acceptors (Lipinski definition) is 2. The van der Waals surface area contributed by atoms with Gasteiger partial charge < -0.3 is 10.5 Å². The van der Waals surface area contributed by atoms with E-state index in [1.165, 1.54) is 6.07 Å². The molecule has 106 valence electrons. The van der Waals surface area contributed by atoms with Crippen molar-refractivity contribution in [2.45, 2.75) is 18.6 Å². The number of fused-ring (bicyclic) bond motifs is 1. The molecule has 0 radical (unpaired) electrons. The second-order valence-corrected chi connectivity index (χ2v) is 4.83. The molecule has 2 N–H and O–H groups in total. The lowest BCUT2D eigenvalue weighted by Crippen LogP contribution is -2.33. The van der Waals surface area contributed by atoms with Gasteiger partial charge in [-0.25, -0.2) is 4.39 Å². The zero-order chi connectivity index (χ0) is 13.2. The van der Waals surface area contributed by atoms with Crippen LogP contribution in [0.2, 0.25) is 0 Å². The molecule has 0 saturated carbocycles. The summed E-state index contributed by atoms with van der Waals surface area (Å²) in [6.07, 6.45) is 0.507. The van der Waals surface area contributed by atoms with Crippen LogP contribution < -0.4 is 5.73 Å². The van der Waals surface area contributed by atoms with Gasteiger partial charge in [-0.15, -0.1) is 12.4 Å². The topological polar surface area (TPSA) is 35.2 Å². The molecule has 0 fully saturated rings. The van der Waals surface area contributed by atoms with Crippen LogP contribution in [0.1, 0.15) is 22.8 Å². The van der Waals surface area contributed by atoms with E-state index >= 15 is 0 Å². The standard InChI is InChI=1S/C16H16FNO.ClH/c17-13-7-6-12-8-14(10-18)19-16(15(12)9-13)11-4-2-1-3-5-11;/h1-7,9,14,16H,8,10,18H2;1H/t14-,16-;/m1./s1. The van der Waals surface area contributed by atoms with Crippen molar-refractivity contribution in [1.82, 2.24) is 0 Å². The maximum Gasteiger partial charge on any atom is 0.123 e. The Hall–Kier alpha value is -1.42. The van der Waals surface area contributed by atoms with E-state index in [2.05, 4.69) is 0 Å². The van der Waals surface area contributed by atoms with Crippen LogP contribution in [0.3, 0.4) is 0 Å². The van der Waals surface area contributed by atoms with Crippen molar-refractivity contribution in [2.75, 3.05) is 6.54 Å². The Balaban J connectivity index is 0.00000147. The number of nitrogens with two attached hydrogens (primary N) is 1. The first-order chi connectivity index (χ1) is 9.28. The highest BCUT2D eigenvalue weighted by molar-refractivity contribution is 5.85. The van der Waals surface area contributed by atoms with E-state index in [1.54, 1.807) is 6.07 Å². The summed E-state index contributed by atoms with van der Waals surface area (Å²) in [5.74, 6) is -0.227. The normalized spacial score (nSPS) is 20.9. The van der Waals surface area contributed by atoms with E-state index < -0.39 is 0 Å². The summed E-state index contributed by atoms with van der Waals surface area (Å²) in [5.41, 5.74) is 8.80. The van der Waals surface area contributed by atoms with Gasteiger partial charge >= 0.3 is 0 Å². The molecular weight excluding hydrogens is 277 g/mol. The molecule has 20 heavy (non-hydrogen) atoms. The second kappa shape index (κ2) is 6.35. The van der Waals surface area contributed by atoms with Crippen molar-refractivity contribution in [1.29, 1.82) is 0 Å². The monoisotopic (exact) mass is 293 g/mol. The predicted molar refractivity (Wildman–Crippen MR) is 79.6 cm³/mol. The largest absolute Gasteiger partial charge is 0.364 e. The molecule has 0 aromatic heterocycles. The zero-order valence-electron chi connectivity index (χ0n) is 11.0. The fourth-order valence-corrected chi connectivity index (χ4v) is 2.58. The van der Waals surface area contributed by atoms with Gasteiger partial charge in [-0.1, -0.05) is 36.4 Å². The molecule has 2 nitrogen and oxygen atoms in total. The van der Waals surface area contributed by atoms with Crippen molar-refractivity contribution in [3.05, 3.63) is 71.0 Å². The third-order valence-electron chi connectivity index (χ3n) is 3.53. The molecule has 0 aliphatic carbocycles. The van der Waals surface area contributed by atoms with Crippen LogP contribution in [-0.2, 0) is 11.2 Å². The fraction of sp³-hybridized carbons (Fsp3) is 0.250. The number of ether oxygens (including phenoxy) is 1.